The van der Waals surface area contributed by atoms with Gasteiger partial charge < -0.3 is 5.32 Å². The number of nitrogens with zero attached hydrogens (tertiary/aromatic N) is 2. The molecular formula is C19H22ClN3O3. The number of amides is 1. The van der Waals surface area contributed by atoms with Gasteiger partial charge in [0.2, 0.25) is 0 Å². The molecule has 26 heavy (non-hydrogen) atoms. The molecule has 1 N–H and O–H groups in total. The number of nitro groups is 1. The molecule has 0 aromatic heterocycles. The van der Waals surface area contributed by atoms with Crippen LogP contribution in [-0.4, -0.2) is 35.4 Å². The summed E-state index contributed by atoms with van der Waals surface area (Å²) in [5, 5.41) is 14.0. The van der Waals surface area contributed by atoms with E-state index < -0.39 is 10.8 Å². The van der Waals surface area contributed by atoms with E-state index in [1.807, 2.05) is 30.3 Å². The van der Waals surface area contributed by atoms with Crippen molar-refractivity contribution in [1.82, 2.24) is 10.2 Å². The topological polar surface area (TPSA) is 75.5 Å². The fourth-order valence-corrected chi connectivity index (χ4v) is 3.09. The van der Waals surface area contributed by atoms with Crippen LogP contribution in [0.2, 0.25) is 5.02 Å². The molecule has 0 aliphatic rings. The minimum absolute atomic E-state index is 0.00706. The summed E-state index contributed by atoms with van der Waals surface area (Å²) >= 11 is 6.05. The quantitative estimate of drug-likeness (QED) is 0.557. The number of nitro benzene ring substituents is 1. The summed E-state index contributed by atoms with van der Waals surface area (Å²) in [6.45, 7) is 6.19. The molecule has 0 saturated carbocycles. The Kier molecular flexibility index (Phi) is 7.12. The molecule has 138 valence electrons. The van der Waals surface area contributed by atoms with Crippen molar-refractivity contribution in [3.63, 3.8) is 0 Å². The summed E-state index contributed by atoms with van der Waals surface area (Å²) in [6, 6.07) is 13.8. The standard InChI is InChI=1S/C19H22ClN3O3/c1-3-22(4-2)18(14-8-6-5-7-9-14)13-21-19(24)16-12-15(23(25)26)10-11-17(16)20/h5-12,18H,3-4,13H2,1-2H3,(H,21,24). The Balaban J connectivity index is 2.19. The summed E-state index contributed by atoms with van der Waals surface area (Å²) in [5.41, 5.74) is 1.04. The van der Waals surface area contributed by atoms with E-state index in [0.29, 0.717) is 6.54 Å². The largest absolute Gasteiger partial charge is 0.350 e. The van der Waals surface area contributed by atoms with Crippen molar-refractivity contribution in [1.29, 1.82) is 0 Å². The SMILES string of the molecule is CCN(CC)C(CNC(=O)c1cc([N+](=O)[O-])ccc1Cl)c1ccccc1. The van der Waals surface area contributed by atoms with Gasteiger partial charge in [0, 0.05) is 18.7 Å². The number of benzene rings is 2. The molecule has 2 aromatic carbocycles. The molecule has 0 aliphatic heterocycles. The predicted octanol–water partition coefficient (Wildman–Crippen LogP) is 4.06. The van der Waals surface area contributed by atoms with Gasteiger partial charge in [0.1, 0.15) is 0 Å². The predicted molar refractivity (Wildman–Crippen MR) is 103 cm³/mol. The average Bonchev–Trinajstić information content (AvgIpc) is 2.65. The van der Waals surface area contributed by atoms with E-state index in [9.17, 15) is 14.9 Å². The normalized spacial score (nSPS) is 12.0. The molecule has 6 nitrogen and oxygen atoms in total. The highest BCUT2D eigenvalue weighted by molar-refractivity contribution is 6.33. The maximum atomic E-state index is 12.5. The summed E-state index contributed by atoms with van der Waals surface area (Å²) < 4.78 is 0. The summed E-state index contributed by atoms with van der Waals surface area (Å²) in [7, 11) is 0. The molecule has 2 aromatic rings. The van der Waals surface area contributed by atoms with Crippen molar-refractivity contribution < 1.29 is 9.72 Å². The van der Waals surface area contributed by atoms with Crippen molar-refractivity contribution in [2.24, 2.45) is 0 Å². The van der Waals surface area contributed by atoms with Gasteiger partial charge in [-0.3, -0.25) is 19.8 Å². The smallest absolute Gasteiger partial charge is 0.270 e. The van der Waals surface area contributed by atoms with Gasteiger partial charge >= 0.3 is 0 Å². The van der Waals surface area contributed by atoms with Crippen LogP contribution in [0.1, 0.15) is 35.8 Å². The van der Waals surface area contributed by atoms with Gasteiger partial charge in [0.15, 0.2) is 0 Å². The number of hydrogen-bond donors (Lipinski definition) is 1. The average molecular weight is 376 g/mol. The van der Waals surface area contributed by atoms with E-state index in [1.54, 1.807) is 0 Å². The third kappa shape index (κ3) is 4.80. The molecular weight excluding hydrogens is 354 g/mol. The second-order valence-electron chi connectivity index (χ2n) is 5.78. The lowest BCUT2D eigenvalue weighted by atomic mass is 10.0. The van der Waals surface area contributed by atoms with E-state index in [0.717, 1.165) is 18.7 Å². The second-order valence-corrected chi connectivity index (χ2v) is 6.19. The number of likely N-dealkylation sites (N-methyl/N-ethyl adjacent to an activating group) is 1. The highest BCUT2D eigenvalue weighted by Gasteiger charge is 2.21. The highest BCUT2D eigenvalue weighted by atomic mass is 35.5. The minimum Gasteiger partial charge on any atom is -0.350 e. The summed E-state index contributed by atoms with van der Waals surface area (Å²) in [5.74, 6) is -0.424. The van der Waals surface area contributed by atoms with Crippen LogP contribution in [0.4, 0.5) is 5.69 Å². The first-order chi connectivity index (χ1) is 12.5. The molecule has 0 bridgehead atoms. The Morgan fingerprint density at radius 2 is 1.85 bits per heavy atom. The van der Waals surface area contributed by atoms with Crippen LogP contribution >= 0.6 is 11.6 Å². The monoisotopic (exact) mass is 375 g/mol. The van der Waals surface area contributed by atoms with Gasteiger partial charge in [-0.2, -0.15) is 0 Å². The summed E-state index contributed by atoms with van der Waals surface area (Å²) in [4.78, 5) is 25.2. The van der Waals surface area contributed by atoms with Crippen molar-refractivity contribution in [2.45, 2.75) is 19.9 Å². The first kappa shape index (κ1) is 19.9. The Morgan fingerprint density at radius 3 is 2.42 bits per heavy atom. The number of rotatable bonds is 8. The fraction of sp³-hybridized carbons (Fsp3) is 0.316. The molecule has 0 radical (unpaired) electrons. The lowest BCUT2D eigenvalue weighted by molar-refractivity contribution is -0.384. The Labute approximate surface area is 157 Å². The number of carbonyl (C=O) groups excluding carboxylic acids is 1. The lowest BCUT2D eigenvalue weighted by Crippen LogP contribution is -2.38. The van der Waals surface area contributed by atoms with E-state index in [2.05, 4.69) is 24.1 Å². The zero-order valence-corrected chi connectivity index (χ0v) is 15.6. The van der Waals surface area contributed by atoms with Gasteiger partial charge in [-0.05, 0) is 24.7 Å². The van der Waals surface area contributed by atoms with Gasteiger partial charge in [-0.15, -0.1) is 0 Å². The highest BCUT2D eigenvalue weighted by Crippen LogP contribution is 2.23. The maximum Gasteiger partial charge on any atom is 0.270 e. The van der Waals surface area contributed by atoms with Crippen LogP contribution in [0.5, 0.6) is 0 Å². The Morgan fingerprint density at radius 1 is 1.19 bits per heavy atom. The third-order valence-corrected chi connectivity index (χ3v) is 4.63. The van der Waals surface area contributed by atoms with Gasteiger partial charge in [0.25, 0.3) is 11.6 Å². The van der Waals surface area contributed by atoms with Crippen molar-refractivity contribution in [3.8, 4) is 0 Å². The van der Waals surface area contributed by atoms with Crippen molar-refractivity contribution in [2.75, 3.05) is 19.6 Å². The molecule has 0 heterocycles. The van der Waals surface area contributed by atoms with Gasteiger partial charge in [-0.25, -0.2) is 0 Å². The molecule has 1 amide bonds. The number of hydrogen-bond acceptors (Lipinski definition) is 4. The number of nitrogens with one attached hydrogen (secondary N) is 1. The molecule has 1 unspecified atom stereocenters. The summed E-state index contributed by atoms with van der Waals surface area (Å²) in [6.07, 6.45) is 0. The number of carbonyl (C=O) groups is 1. The number of non-ortho nitro benzene ring substituents is 1. The molecule has 2 rings (SSSR count). The maximum absolute atomic E-state index is 12.5. The first-order valence-corrected chi connectivity index (χ1v) is 8.86. The van der Waals surface area contributed by atoms with Crippen LogP contribution in [0.15, 0.2) is 48.5 Å². The van der Waals surface area contributed by atoms with E-state index in [1.165, 1.54) is 18.2 Å². The number of halogens is 1. The Hall–Kier alpha value is -2.44. The Bertz CT molecular complexity index is 764. The van der Waals surface area contributed by atoms with E-state index in [4.69, 9.17) is 11.6 Å². The van der Waals surface area contributed by atoms with Crippen molar-refractivity contribution >= 4 is 23.2 Å². The van der Waals surface area contributed by atoms with Crippen LogP contribution in [-0.2, 0) is 0 Å². The van der Waals surface area contributed by atoms with Crippen LogP contribution in [0.3, 0.4) is 0 Å². The van der Waals surface area contributed by atoms with Crippen LogP contribution < -0.4 is 5.32 Å². The van der Waals surface area contributed by atoms with Crippen LogP contribution in [0, 0.1) is 10.1 Å². The van der Waals surface area contributed by atoms with Gasteiger partial charge in [-0.1, -0.05) is 55.8 Å². The van der Waals surface area contributed by atoms with E-state index >= 15 is 0 Å². The second kappa shape index (κ2) is 9.31. The molecule has 1 atom stereocenters. The zero-order chi connectivity index (χ0) is 19.1. The molecule has 0 aliphatic carbocycles. The molecule has 0 spiro atoms. The molecule has 0 fully saturated rings. The minimum atomic E-state index is -0.546. The zero-order valence-electron chi connectivity index (χ0n) is 14.8. The molecule has 7 heteroatoms. The van der Waals surface area contributed by atoms with Gasteiger partial charge in [0.05, 0.1) is 21.6 Å². The first-order valence-electron chi connectivity index (χ1n) is 8.49. The lowest BCUT2D eigenvalue weighted by Gasteiger charge is -2.30. The molecule has 0 saturated heterocycles. The van der Waals surface area contributed by atoms with Crippen molar-refractivity contribution in [3.05, 3.63) is 74.8 Å². The van der Waals surface area contributed by atoms with E-state index in [-0.39, 0.29) is 22.3 Å². The van der Waals surface area contributed by atoms with Crippen LogP contribution in [0.25, 0.3) is 0 Å². The third-order valence-electron chi connectivity index (χ3n) is 4.30. The fourth-order valence-electron chi connectivity index (χ4n) is 2.88.